The topological polar surface area (TPSA) is 131 Å². The Morgan fingerprint density at radius 2 is 1.82 bits per heavy atom. The molecule has 2 aromatic carbocycles. The quantitative estimate of drug-likeness (QED) is 0.466. The van der Waals surface area contributed by atoms with Gasteiger partial charge in [0.15, 0.2) is 0 Å². The number of aryl methyl sites for hydroxylation is 3. The van der Waals surface area contributed by atoms with Gasteiger partial charge in [-0.15, -0.1) is 0 Å². The molecule has 3 atom stereocenters. The van der Waals surface area contributed by atoms with E-state index in [2.05, 4.69) is 16.7 Å². The van der Waals surface area contributed by atoms with Gasteiger partial charge >= 0.3 is 0 Å². The van der Waals surface area contributed by atoms with Crippen molar-refractivity contribution in [2.45, 2.75) is 56.7 Å². The van der Waals surface area contributed by atoms with Crippen LogP contribution < -0.4 is 22.1 Å². The van der Waals surface area contributed by atoms with E-state index < -0.39 is 12.1 Å². The summed E-state index contributed by atoms with van der Waals surface area (Å²) in [4.78, 5) is 39.9. The normalized spacial score (nSPS) is 20.0. The highest BCUT2D eigenvalue weighted by Gasteiger charge is 2.41. The van der Waals surface area contributed by atoms with Crippen molar-refractivity contribution in [2.24, 2.45) is 11.5 Å². The Bertz CT molecular complexity index is 1040. The molecule has 8 nitrogen and oxygen atoms in total. The lowest BCUT2D eigenvalue weighted by Crippen LogP contribution is -2.50. The summed E-state index contributed by atoms with van der Waals surface area (Å²) < 4.78 is 0. The van der Waals surface area contributed by atoms with Crippen LogP contribution >= 0.6 is 0 Å². The zero-order chi connectivity index (χ0) is 24.1. The van der Waals surface area contributed by atoms with Crippen LogP contribution in [0.5, 0.6) is 0 Å². The van der Waals surface area contributed by atoms with E-state index >= 15 is 0 Å². The van der Waals surface area contributed by atoms with Gasteiger partial charge < -0.3 is 27.0 Å². The van der Waals surface area contributed by atoms with Crippen molar-refractivity contribution in [1.82, 2.24) is 10.2 Å². The third-order valence-electron chi connectivity index (χ3n) is 6.71. The minimum Gasteiger partial charge on any atom is -0.350 e. The Labute approximate surface area is 200 Å². The number of rotatable bonds is 8. The van der Waals surface area contributed by atoms with E-state index in [4.69, 9.17) is 11.5 Å². The molecule has 1 saturated heterocycles. The van der Waals surface area contributed by atoms with E-state index in [1.807, 2.05) is 42.5 Å². The molecular formula is C26H33N5O3. The van der Waals surface area contributed by atoms with Gasteiger partial charge in [-0.05, 0) is 67.3 Å². The number of nitrogens with zero attached hydrogens (tertiary/aromatic N) is 1. The molecule has 0 aromatic heterocycles. The van der Waals surface area contributed by atoms with E-state index in [0.29, 0.717) is 19.3 Å². The maximum Gasteiger partial charge on any atom is 0.247 e. The van der Waals surface area contributed by atoms with Gasteiger partial charge in [-0.3, -0.25) is 14.4 Å². The van der Waals surface area contributed by atoms with Gasteiger partial charge in [0.2, 0.25) is 17.7 Å². The number of nitrogens with one attached hydrogen (secondary N) is 2. The van der Waals surface area contributed by atoms with Gasteiger partial charge in [-0.2, -0.15) is 0 Å². The Balaban J connectivity index is 1.45. The summed E-state index contributed by atoms with van der Waals surface area (Å²) in [6, 6.07) is 14.0. The van der Waals surface area contributed by atoms with Gasteiger partial charge in [0, 0.05) is 18.3 Å². The number of fused-ring (bicyclic) bond motifs is 1. The predicted molar refractivity (Wildman–Crippen MR) is 131 cm³/mol. The van der Waals surface area contributed by atoms with Crippen molar-refractivity contribution >= 4 is 23.4 Å². The van der Waals surface area contributed by atoms with Crippen molar-refractivity contribution in [3.8, 4) is 0 Å². The van der Waals surface area contributed by atoms with Gasteiger partial charge in [-0.1, -0.05) is 36.4 Å². The number of anilines is 1. The lowest BCUT2D eigenvalue weighted by molar-refractivity contribution is -0.137. The summed E-state index contributed by atoms with van der Waals surface area (Å²) in [6.07, 6.45) is 4.66. The zero-order valence-electron chi connectivity index (χ0n) is 19.3. The molecule has 6 N–H and O–H groups in total. The van der Waals surface area contributed by atoms with Crippen LogP contribution in [0.4, 0.5) is 5.69 Å². The molecule has 0 saturated carbocycles. The van der Waals surface area contributed by atoms with Crippen molar-refractivity contribution in [3.63, 3.8) is 0 Å². The molecule has 34 heavy (non-hydrogen) atoms. The van der Waals surface area contributed by atoms with E-state index in [1.54, 1.807) is 0 Å². The summed E-state index contributed by atoms with van der Waals surface area (Å²) in [5, 5.41) is 5.79. The van der Waals surface area contributed by atoms with Crippen molar-refractivity contribution in [2.75, 3.05) is 18.4 Å². The monoisotopic (exact) mass is 463 g/mol. The minimum absolute atomic E-state index is 0.146. The van der Waals surface area contributed by atoms with Crippen LogP contribution in [0.1, 0.15) is 36.0 Å². The second kappa shape index (κ2) is 10.8. The Morgan fingerprint density at radius 1 is 1.06 bits per heavy atom. The van der Waals surface area contributed by atoms with Crippen LogP contribution in [-0.2, 0) is 33.6 Å². The van der Waals surface area contributed by atoms with Crippen LogP contribution in [0.3, 0.4) is 0 Å². The summed E-state index contributed by atoms with van der Waals surface area (Å²) >= 11 is 0. The van der Waals surface area contributed by atoms with Crippen LogP contribution in [0.2, 0.25) is 0 Å². The molecule has 0 radical (unpaired) electrons. The maximum absolute atomic E-state index is 13.3. The number of likely N-dealkylation sites (tertiary alicyclic amines) is 1. The molecule has 0 spiro atoms. The van der Waals surface area contributed by atoms with E-state index in [1.165, 1.54) is 16.0 Å². The molecule has 2 aliphatic rings. The SMILES string of the molecule is NCC(=O)N[C@@H]1C[C@@H](C(=O)Nc2ccc3c(c2)CCC3)N(C(=O)[C@@H](N)CCc2ccccc2)C1. The highest BCUT2D eigenvalue weighted by molar-refractivity contribution is 5.98. The summed E-state index contributed by atoms with van der Waals surface area (Å²) in [7, 11) is 0. The largest absolute Gasteiger partial charge is 0.350 e. The molecular weight excluding hydrogens is 430 g/mol. The van der Waals surface area contributed by atoms with Gasteiger partial charge in [0.05, 0.1) is 12.6 Å². The lowest BCUT2D eigenvalue weighted by atomic mass is 10.0. The molecule has 2 aromatic rings. The smallest absolute Gasteiger partial charge is 0.247 e. The van der Waals surface area contributed by atoms with E-state index in [-0.39, 0.29) is 36.9 Å². The maximum atomic E-state index is 13.3. The number of carbonyl (C=O) groups excluding carboxylic acids is 3. The molecule has 3 amide bonds. The Kier molecular flexibility index (Phi) is 7.59. The van der Waals surface area contributed by atoms with Crippen LogP contribution in [0, 0.1) is 0 Å². The summed E-state index contributed by atoms with van der Waals surface area (Å²) in [5.74, 6) is -0.869. The number of amides is 3. The number of nitrogens with two attached hydrogens (primary N) is 2. The molecule has 1 heterocycles. The molecule has 0 bridgehead atoms. The molecule has 0 unspecified atom stereocenters. The molecule has 1 aliphatic carbocycles. The van der Waals surface area contributed by atoms with Gasteiger partial charge in [0.25, 0.3) is 0 Å². The minimum atomic E-state index is -0.737. The highest BCUT2D eigenvalue weighted by Crippen LogP contribution is 2.26. The number of hydrogen-bond acceptors (Lipinski definition) is 5. The van der Waals surface area contributed by atoms with Crippen molar-refractivity contribution < 1.29 is 14.4 Å². The highest BCUT2D eigenvalue weighted by atomic mass is 16.2. The number of benzene rings is 2. The van der Waals surface area contributed by atoms with Crippen LogP contribution in [-0.4, -0.2) is 53.8 Å². The van der Waals surface area contributed by atoms with Crippen LogP contribution in [0.15, 0.2) is 48.5 Å². The predicted octanol–water partition coefficient (Wildman–Crippen LogP) is 1.12. The lowest BCUT2D eigenvalue weighted by Gasteiger charge is -2.26. The molecule has 180 valence electrons. The summed E-state index contributed by atoms with van der Waals surface area (Å²) in [6.45, 7) is 0.0823. The zero-order valence-corrected chi connectivity index (χ0v) is 19.3. The number of carbonyl (C=O) groups is 3. The molecule has 4 rings (SSSR count). The fourth-order valence-corrected chi connectivity index (χ4v) is 4.90. The molecule has 1 aliphatic heterocycles. The molecule has 1 fully saturated rings. The average molecular weight is 464 g/mol. The average Bonchev–Trinajstić information content (AvgIpc) is 3.49. The van der Waals surface area contributed by atoms with Crippen molar-refractivity contribution in [1.29, 1.82) is 0 Å². The standard InChI is InChI=1S/C26H33N5O3/c27-15-24(32)29-21-14-23(25(33)30-20-11-10-18-7-4-8-19(18)13-20)31(16-21)26(34)22(28)12-9-17-5-2-1-3-6-17/h1-3,5-6,10-11,13,21-23H,4,7-9,12,14-16,27-28H2,(H,29,32)(H,30,33)/t21-,22+,23+/m1/s1. The second-order valence-electron chi connectivity index (χ2n) is 9.17. The first kappa shape index (κ1) is 23.9. The first-order valence-electron chi connectivity index (χ1n) is 12.0. The fourth-order valence-electron chi connectivity index (χ4n) is 4.90. The Morgan fingerprint density at radius 3 is 2.59 bits per heavy atom. The Hall–Kier alpha value is -3.23. The first-order chi connectivity index (χ1) is 16.4. The van der Waals surface area contributed by atoms with Gasteiger partial charge in [-0.25, -0.2) is 0 Å². The van der Waals surface area contributed by atoms with E-state index in [9.17, 15) is 14.4 Å². The third-order valence-corrected chi connectivity index (χ3v) is 6.71. The molecule has 8 heteroatoms. The van der Waals surface area contributed by atoms with Crippen molar-refractivity contribution in [3.05, 3.63) is 65.2 Å². The van der Waals surface area contributed by atoms with Gasteiger partial charge in [0.1, 0.15) is 6.04 Å². The first-order valence-corrected chi connectivity index (χ1v) is 12.0. The van der Waals surface area contributed by atoms with E-state index in [0.717, 1.165) is 30.5 Å². The number of hydrogen-bond donors (Lipinski definition) is 4. The second-order valence-corrected chi connectivity index (χ2v) is 9.17. The third kappa shape index (κ3) is 5.63. The van der Waals surface area contributed by atoms with Crippen LogP contribution in [0.25, 0.3) is 0 Å². The summed E-state index contributed by atoms with van der Waals surface area (Å²) in [5.41, 5.74) is 16.1. The fraction of sp³-hybridized carbons (Fsp3) is 0.423.